The van der Waals surface area contributed by atoms with Crippen molar-refractivity contribution in [1.29, 1.82) is 0 Å². The number of halogens is 2. The first-order chi connectivity index (χ1) is 18.2. The number of aliphatic hydroxyl groups excluding tert-OH is 1. The summed E-state index contributed by atoms with van der Waals surface area (Å²) in [6, 6.07) is 9.86. The summed E-state index contributed by atoms with van der Waals surface area (Å²) < 4.78 is 30.2. The van der Waals surface area contributed by atoms with Crippen LogP contribution in [0, 0.1) is 11.7 Å². The monoisotopic (exact) mass is 517 g/mol. The van der Waals surface area contributed by atoms with Crippen molar-refractivity contribution in [1.82, 2.24) is 25.5 Å². The molecule has 1 amide bonds. The average molecular weight is 518 g/mol. The predicted molar refractivity (Wildman–Crippen MR) is 140 cm³/mol. The van der Waals surface area contributed by atoms with Crippen LogP contribution >= 0.6 is 0 Å². The summed E-state index contributed by atoms with van der Waals surface area (Å²) in [5.74, 6) is -1.19. The van der Waals surface area contributed by atoms with Crippen LogP contribution in [0.15, 0.2) is 55.0 Å². The first-order valence-electron chi connectivity index (χ1n) is 12.7. The van der Waals surface area contributed by atoms with Gasteiger partial charge < -0.3 is 10.4 Å². The number of carbonyl (C=O) groups is 1. The molecule has 0 unspecified atom stereocenters. The van der Waals surface area contributed by atoms with Gasteiger partial charge in [0.15, 0.2) is 0 Å². The number of aliphatic hydroxyl groups is 1. The van der Waals surface area contributed by atoms with Gasteiger partial charge in [0.05, 0.1) is 24.2 Å². The summed E-state index contributed by atoms with van der Waals surface area (Å²) in [6.07, 6.45) is 5.24. The molecule has 0 saturated heterocycles. The van der Waals surface area contributed by atoms with Crippen molar-refractivity contribution in [3.05, 3.63) is 83.2 Å². The van der Waals surface area contributed by atoms with E-state index in [1.54, 1.807) is 48.9 Å². The Morgan fingerprint density at radius 1 is 1.16 bits per heavy atom. The van der Waals surface area contributed by atoms with Crippen LogP contribution < -0.4 is 5.32 Å². The van der Waals surface area contributed by atoms with E-state index in [9.17, 15) is 14.3 Å². The van der Waals surface area contributed by atoms with Crippen LogP contribution in [0.2, 0.25) is 0 Å². The maximum absolute atomic E-state index is 15.3. The Morgan fingerprint density at radius 3 is 2.71 bits per heavy atom. The Labute approximate surface area is 219 Å². The van der Waals surface area contributed by atoms with Crippen LogP contribution in [0.25, 0.3) is 22.2 Å². The second-order valence-electron chi connectivity index (χ2n) is 10.2. The van der Waals surface area contributed by atoms with E-state index in [1.165, 1.54) is 6.07 Å². The highest BCUT2D eigenvalue weighted by atomic mass is 19.1. The molecule has 4 aromatic rings. The van der Waals surface area contributed by atoms with E-state index in [1.807, 2.05) is 13.8 Å². The van der Waals surface area contributed by atoms with Crippen molar-refractivity contribution in [3.63, 3.8) is 0 Å². The van der Waals surface area contributed by atoms with E-state index in [2.05, 4.69) is 25.5 Å². The Balaban J connectivity index is 1.24. The van der Waals surface area contributed by atoms with Crippen LogP contribution in [0.4, 0.5) is 8.78 Å². The largest absolute Gasteiger partial charge is 0.388 e. The van der Waals surface area contributed by atoms with Crippen molar-refractivity contribution in [3.8, 4) is 11.3 Å². The number of carbonyl (C=O) groups excluding carboxylic acids is 1. The standard InChI is InChI=1S/C29H29F2N5O2/c1-17(2)29(31)8-5-25-22(14-29)12-20-11-21(13-23(30)27(20)36-25)28(38)32-9-7-26(37)19-3-4-24(33-15-19)18-6-10-34-35-16-18/h3-4,6,10-13,15-17,26,37H,5,7-9,14H2,1-2H3,(H,32,38)/t26-,29+/m1/s1. The van der Waals surface area contributed by atoms with Gasteiger partial charge >= 0.3 is 0 Å². The molecule has 5 rings (SSSR count). The number of benzene rings is 1. The molecule has 1 aliphatic carbocycles. The number of nitrogens with one attached hydrogen (secondary N) is 1. The Hall–Kier alpha value is -3.85. The first-order valence-corrected chi connectivity index (χ1v) is 12.7. The Morgan fingerprint density at radius 2 is 2.00 bits per heavy atom. The fraction of sp³-hybridized carbons (Fsp3) is 0.345. The van der Waals surface area contributed by atoms with E-state index >= 15 is 4.39 Å². The molecule has 0 fully saturated rings. The molecule has 9 heteroatoms. The molecule has 0 bridgehead atoms. The highest BCUT2D eigenvalue weighted by molar-refractivity contribution is 5.98. The van der Waals surface area contributed by atoms with E-state index in [4.69, 9.17) is 0 Å². The number of aromatic nitrogens is 4. The van der Waals surface area contributed by atoms with E-state index in [0.29, 0.717) is 29.5 Å². The number of aryl methyl sites for hydroxylation is 1. The van der Waals surface area contributed by atoms with E-state index in [0.717, 1.165) is 16.8 Å². The second-order valence-corrected chi connectivity index (χ2v) is 10.2. The second kappa shape index (κ2) is 10.5. The van der Waals surface area contributed by atoms with E-state index < -0.39 is 23.5 Å². The van der Waals surface area contributed by atoms with E-state index in [-0.39, 0.29) is 36.4 Å². The van der Waals surface area contributed by atoms with Crippen molar-refractivity contribution in [2.24, 2.45) is 5.92 Å². The fourth-order valence-electron chi connectivity index (χ4n) is 4.86. The van der Waals surface area contributed by atoms with Crippen LogP contribution in [-0.2, 0) is 12.8 Å². The number of hydrogen-bond acceptors (Lipinski definition) is 6. The molecule has 196 valence electrons. The molecule has 2 atom stereocenters. The lowest BCUT2D eigenvalue weighted by Crippen LogP contribution is -2.36. The van der Waals surface area contributed by atoms with Crippen molar-refractivity contribution < 1.29 is 18.7 Å². The zero-order chi connectivity index (χ0) is 26.9. The van der Waals surface area contributed by atoms with Crippen LogP contribution in [0.1, 0.15) is 60.0 Å². The molecule has 38 heavy (non-hydrogen) atoms. The zero-order valence-corrected chi connectivity index (χ0v) is 21.3. The summed E-state index contributed by atoms with van der Waals surface area (Å²) in [4.78, 5) is 21.6. The quantitative estimate of drug-likeness (QED) is 0.361. The predicted octanol–water partition coefficient (Wildman–Crippen LogP) is 4.93. The molecule has 0 saturated carbocycles. The van der Waals surface area contributed by atoms with Crippen molar-refractivity contribution in [2.75, 3.05) is 6.54 Å². The van der Waals surface area contributed by atoms with Gasteiger partial charge in [-0.3, -0.25) is 9.78 Å². The van der Waals surface area contributed by atoms with Gasteiger partial charge in [-0.25, -0.2) is 13.8 Å². The van der Waals surface area contributed by atoms with Gasteiger partial charge in [-0.1, -0.05) is 19.9 Å². The highest BCUT2D eigenvalue weighted by Gasteiger charge is 2.38. The number of fused-ring (bicyclic) bond motifs is 2. The number of rotatable bonds is 7. The number of amides is 1. The van der Waals surface area contributed by atoms with Gasteiger partial charge in [0.1, 0.15) is 17.0 Å². The summed E-state index contributed by atoms with van der Waals surface area (Å²) in [5.41, 5.74) is 2.64. The van der Waals surface area contributed by atoms with Gasteiger partial charge in [0.2, 0.25) is 0 Å². The lowest BCUT2D eigenvalue weighted by atomic mass is 9.77. The summed E-state index contributed by atoms with van der Waals surface area (Å²) >= 11 is 0. The summed E-state index contributed by atoms with van der Waals surface area (Å²) in [7, 11) is 0. The third-order valence-corrected chi connectivity index (χ3v) is 7.35. The van der Waals surface area contributed by atoms with Gasteiger partial charge in [-0.05, 0) is 66.6 Å². The smallest absolute Gasteiger partial charge is 0.251 e. The molecule has 1 aliphatic rings. The first kappa shape index (κ1) is 25.8. The molecule has 3 heterocycles. The van der Waals surface area contributed by atoms with Gasteiger partial charge in [-0.2, -0.15) is 10.2 Å². The topological polar surface area (TPSA) is 101 Å². The van der Waals surface area contributed by atoms with Gasteiger partial charge in [-0.15, -0.1) is 0 Å². The lowest BCUT2D eigenvalue weighted by Gasteiger charge is -2.34. The van der Waals surface area contributed by atoms with Crippen LogP contribution in [0.5, 0.6) is 0 Å². The third-order valence-electron chi connectivity index (χ3n) is 7.35. The molecule has 0 aliphatic heterocycles. The molecular formula is C29H29F2N5O2. The van der Waals surface area contributed by atoms with Gasteiger partial charge in [0.25, 0.3) is 5.91 Å². The lowest BCUT2D eigenvalue weighted by molar-refractivity contribution is 0.0821. The SMILES string of the molecule is CC(C)[C@]1(F)CCc2nc3c(F)cc(C(=O)NCC[C@@H](O)c4ccc(-c5ccnnc5)nc4)cc3cc2C1. The number of pyridine rings is 2. The minimum absolute atomic E-state index is 0.136. The summed E-state index contributed by atoms with van der Waals surface area (Å²) in [5, 5.41) is 21.3. The average Bonchev–Trinajstić information content (AvgIpc) is 2.92. The third kappa shape index (κ3) is 5.24. The molecular weight excluding hydrogens is 488 g/mol. The van der Waals surface area contributed by atoms with Crippen LogP contribution in [0.3, 0.4) is 0 Å². The highest BCUT2D eigenvalue weighted by Crippen LogP contribution is 2.38. The molecule has 3 aromatic heterocycles. The number of nitrogens with zero attached hydrogens (tertiary/aromatic N) is 4. The Bertz CT molecular complexity index is 1460. The van der Waals surface area contributed by atoms with Crippen LogP contribution in [-0.4, -0.2) is 43.4 Å². The maximum Gasteiger partial charge on any atom is 0.251 e. The minimum atomic E-state index is -1.32. The number of alkyl halides is 1. The minimum Gasteiger partial charge on any atom is -0.388 e. The molecule has 0 spiro atoms. The molecule has 0 radical (unpaired) electrons. The zero-order valence-electron chi connectivity index (χ0n) is 21.3. The van der Waals surface area contributed by atoms with Gasteiger partial charge in [0, 0.05) is 41.4 Å². The van der Waals surface area contributed by atoms with Crippen molar-refractivity contribution in [2.45, 2.75) is 51.3 Å². The van der Waals surface area contributed by atoms with Crippen molar-refractivity contribution >= 4 is 16.8 Å². The number of hydrogen-bond donors (Lipinski definition) is 2. The Kier molecular flexibility index (Phi) is 7.12. The normalized spacial score (nSPS) is 17.8. The molecule has 2 N–H and O–H groups in total. The summed E-state index contributed by atoms with van der Waals surface area (Å²) in [6.45, 7) is 3.91. The molecule has 1 aromatic carbocycles. The fourth-order valence-corrected chi connectivity index (χ4v) is 4.86. The molecule has 7 nitrogen and oxygen atoms in total. The maximum atomic E-state index is 15.3.